The lowest BCUT2D eigenvalue weighted by Crippen LogP contribution is -2.10. The summed E-state index contributed by atoms with van der Waals surface area (Å²) in [6.07, 6.45) is 5.41. The van der Waals surface area contributed by atoms with Crippen LogP contribution < -0.4 is 5.73 Å². The zero-order chi connectivity index (χ0) is 10.4. The number of pyridine rings is 1. The summed E-state index contributed by atoms with van der Waals surface area (Å²) in [4.78, 5) is 4.12. The lowest BCUT2D eigenvalue weighted by Gasteiger charge is -2.09. The van der Waals surface area contributed by atoms with Crippen LogP contribution in [0, 0.1) is 18.8 Å². The van der Waals surface area contributed by atoms with Crippen LogP contribution in [0.2, 0.25) is 0 Å². The molecular weight excluding hydrogens is 172 g/mol. The first-order valence-electron chi connectivity index (χ1n) is 4.80. The summed E-state index contributed by atoms with van der Waals surface area (Å²) in [5.74, 6) is 5.88. The number of hydrogen-bond acceptors (Lipinski definition) is 2. The average Bonchev–Trinajstić information content (AvgIpc) is 2.18. The molecule has 0 amide bonds. The van der Waals surface area contributed by atoms with Crippen LogP contribution in [0.15, 0.2) is 18.5 Å². The van der Waals surface area contributed by atoms with Crippen molar-refractivity contribution in [3.05, 3.63) is 29.6 Å². The van der Waals surface area contributed by atoms with Gasteiger partial charge in [0.1, 0.15) is 0 Å². The fourth-order valence-electron chi connectivity index (χ4n) is 1.30. The molecule has 1 rings (SSSR count). The van der Waals surface area contributed by atoms with Crippen LogP contribution in [0.4, 0.5) is 0 Å². The van der Waals surface area contributed by atoms with Crippen LogP contribution in [0.3, 0.4) is 0 Å². The molecule has 1 unspecified atom stereocenters. The monoisotopic (exact) mass is 188 g/mol. The SMILES string of the molecule is CC#CCCC(N)c1cncc(C)c1. The Morgan fingerprint density at radius 3 is 2.93 bits per heavy atom. The van der Waals surface area contributed by atoms with Crippen molar-refractivity contribution in [3.8, 4) is 11.8 Å². The van der Waals surface area contributed by atoms with Crippen LogP contribution in [-0.4, -0.2) is 4.98 Å². The Balaban J connectivity index is 2.58. The maximum Gasteiger partial charge on any atom is 0.0319 e. The molecule has 0 aliphatic carbocycles. The molecule has 1 aromatic heterocycles. The van der Waals surface area contributed by atoms with Crippen molar-refractivity contribution < 1.29 is 0 Å². The Morgan fingerprint density at radius 2 is 2.29 bits per heavy atom. The number of nitrogens with zero attached hydrogens (tertiary/aromatic N) is 1. The molecule has 0 bridgehead atoms. The summed E-state index contributed by atoms with van der Waals surface area (Å²) >= 11 is 0. The van der Waals surface area contributed by atoms with Gasteiger partial charge in [-0.1, -0.05) is 6.07 Å². The van der Waals surface area contributed by atoms with E-state index in [2.05, 4.69) is 22.9 Å². The van der Waals surface area contributed by atoms with E-state index >= 15 is 0 Å². The number of nitrogens with two attached hydrogens (primary N) is 1. The van der Waals surface area contributed by atoms with Crippen LogP contribution >= 0.6 is 0 Å². The van der Waals surface area contributed by atoms with Gasteiger partial charge in [-0.25, -0.2) is 0 Å². The molecule has 2 nitrogen and oxygen atoms in total. The highest BCUT2D eigenvalue weighted by molar-refractivity contribution is 5.19. The van der Waals surface area contributed by atoms with Gasteiger partial charge in [-0.3, -0.25) is 4.98 Å². The zero-order valence-corrected chi connectivity index (χ0v) is 8.75. The number of aromatic nitrogens is 1. The molecule has 0 aliphatic heterocycles. The van der Waals surface area contributed by atoms with E-state index in [-0.39, 0.29) is 6.04 Å². The van der Waals surface area contributed by atoms with Gasteiger partial charge in [0, 0.05) is 24.9 Å². The van der Waals surface area contributed by atoms with E-state index < -0.39 is 0 Å². The van der Waals surface area contributed by atoms with Crippen LogP contribution in [0.25, 0.3) is 0 Å². The van der Waals surface area contributed by atoms with E-state index in [1.54, 1.807) is 0 Å². The van der Waals surface area contributed by atoms with Crippen molar-refractivity contribution in [2.45, 2.75) is 32.7 Å². The molecule has 0 radical (unpaired) electrons. The van der Waals surface area contributed by atoms with E-state index in [1.165, 1.54) is 0 Å². The van der Waals surface area contributed by atoms with E-state index in [0.717, 1.165) is 24.0 Å². The van der Waals surface area contributed by atoms with Gasteiger partial charge in [0.05, 0.1) is 0 Å². The molecule has 0 fully saturated rings. The number of aryl methyl sites for hydroxylation is 1. The predicted octanol–water partition coefficient (Wildman–Crippen LogP) is 2.19. The van der Waals surface area contributed by atoms with E-state index in [1.807, 2.05) is 26.2 Å². The normalized spacial score (nSPS) is 11.6. The Labute approximate surface area is 85.5 Å². The Hall–Kier alpha value is -1.33. The molecule has 2 heteroatoms. The minimum Gasteiger partial charge on any atom is -0.324 e. The molecular formula is C12H16N2. The van der Waals surface area contributed by atoms with Crippen LogP contribution in [0.5, 0.6) is 0 Å². The fourth-order valence-corrected chi connectivity index (χ4v) is 1.30. The van der Waals surface area contributed by atoms with Crippen molar-refractivity contribution >= 4 is 0 Å². The lowest BCUT2D eigenvalue weighted by molar-refractivity contribution is 0.664. The predicted molar refractivity (Wildman–Crippen MR) is 58.6 cm³/mol. The Kier molecular flexibility index (Phi) is 4.15. The van der Waals surface area contributed by atoms with Gasteiger partial charge in [0.2, 0.25) is 0 Å². The van der Waals surface area contributed by atoms with Gasteiger partial charge in [-0.05, 0) is 31.4 Å². The van der Waals surface area contributed by atoms with Gasteiger partial charge < -0.3 is 5.73 Å². The van der Waals surface area contributed by atoms with Gasteiger partial charge in [0.15, 0.2) is 0 Å². The molecule has 0 spiro atoms. The van der Waals surface area contributed by atoms with Gasteiger partial charge in [-0.2, -0.15) is 0 Å². The largest absolute Gasteiger partial charge is 0.324 e. The standard InChI is InChI=1S/C12H16N2/c1-3-4-5-6-12(13)11-7-10(2)8-14-9-11/h7-9,12H,5-6,13H2,1-2H3. The minimum atomic E-state index is 0.0586. The number of rotatable bonds is 3. The van der Waals surface area contributed by atoms with Crippen molar-refractivity contribution in [1.29, 1.82) is 0 Å². The molecule has 0 saturated heterocycles. The number of hydrogen-bond donors (Lipinski definition) is 1. The zero-order valence-electron chi connectivity index (χ0n) is 8.75. The molecule has 1 aromatic rings. The molecule has 0 saturated carbocycles. The van der Waals surface area contributed by atoms with Crippen molar-refractivity contribution in [3.63, 3.8) is 0 Å². The highest BCUT2D eigenvalue weighted by Gasteiger charge is 2.04. The summed E-state index contributed by atoms with van der Waals surface area (Å²) < 4.78 is 0. The van der Waals surface area contributed by atoms with Crippen LogP contribution in [0.1, 0.15) is 36.9 Å². The molecule has 14 heavy (non-hydrogen) atoms. The van der Waals surface area contributed by atoms with Crippen molar-refractivity contribution in [2.24, 2.45) is 5.73 Å². The smallest absolute Gasteiger partial charge is 0.0319 e. The van der Waals surface area contributed by atoms with Crippen LogP contribution in [-0.2, 0) is 0 Å². The van der Waals surface area contributed by atoms with E-state index in [9.17, 15) is 0 Å². The quantitative estimate of drug-likeness (QED) is 0.738. The first kappa shape index (κ1) is 10.7. The minimum absolute atomic E-state index is 0.0586. The molecule has 0 aromatic carbocycles. The van der Waals surface area contributed by atoms with Gasteiger partial charge >= 0.3 is 0 Å². The Morgan fingerprint density at radius 1 is 1.50 bits per heavy atom. The topological polar surface area (TPSA) is 38.9 Å². The third-order valence-corrected chi connectivity index (χ3v) is 2.08. The Bertz CT molecular complexity index is 347. The lowest BCUT2D eigenvalue weighted by atomic mass is 10.0. The summed E-state index contributed by atoms with van der Waals surface area (Å²) in [7, 11) is 0. The summed E-state index contributed by atoms with van der Waals surface area (Å²) in [5.41, 5.74) is 8.25. The highest BCUT2D eigenvalue weighted by Crippen LogP contribution is 2.15. The second kappa shape index (κ2) is 5.41. The third-order valence-electron chi connectivity index (χ3n) is 2.08. The third kappa shape index (κ3) is 3.20. The summed E-state index contributed by atoms with van der Waals surface area (Å²) in [6.45, 7) is 3.87. The fraction of sp³-hybridized carbons (Fsp3) is 0.417. The molecule has 1 atom stereocenters. The first-order valence-corrected chi connectivity index (χ1v) is 4.80. The molecule has 0 aliphatic rings. The van der Waals surface area contributed by atoms with Gasteiger partial charge in [0.25, 0.3) is 0 Å². The average molecular weight is 188 g/mol. The molecule has 1 heterocycles. The van der Waals surface area contributed by atoms with Crippen molar-refractivity contribution in [2.75, 3.05) is 0 Å². The van der Waals surface area contributed by atoms with Crippen molar-refractivity contribution in [1.82, 2.24) is 4.98 Å². The summed E-state index contributed by atoms with van der Waals surface area (Å²) in [6, 6.07) is 2.14. The first-order chi connectivity index (χ1) is 6.74. The second-order valence-corrected chi connectivity index (χ2v) is 3.37. The summed E-state index contributed by atoms with van der Waals surface area (Å²) in [5, 5.41) is 0. The maximum atomic E-state index is 6.00. The molecule has 2 N–H and O–H groups in total. The van der Waals surface area contributed by atoms with Gasteiger partial charge in [-0.15, -0.1) is 11.8 Å². The second-order valence-electron chi connectivity index (χ2n) is 3.37. The van der Waals surface area contributed by atoms with E-state index in [0.29, 0.717) is 0 Å². The maximum absolute atomic E-state index is 6.00. The molecule has 74 valence electrons. The highest BCUT2D eigenvalue weighted by atomic mass is 14.7. The van der Waals surface area contributed by atoms with E-state index in [4.69, 9.17) is 5.73 Å².